The average Bonchev–Trinajstić information content (AvgIpc) is 3.31. The van der Waals surface area contributed by atoms with E-state index in [1.807, 2.05) is 19.1 Å². The minimum Gasteiger partial charge on any atom is -0.363 e. The van der Waals surface area contributed by atoms with Gasteiger partial charge in [0.15, 0.2) is 0 Å². The number of fused-ring (bicyclic) bond motifs is 1. The van der Waals surface area contributed by atoms with Crippen molar-refractivity contribution in [3.8, 4) is 0 Å². The molecule has 25 heavy (non-hydrogen) atoms. The number of nitrogens with zero attached hydrogens (tertiary/aromatic N) is 4. The zero-order valence-corrected chi connectivity index (χ0v) is 14.7. The normalized spacial score (nSPS) is 15.7. The van der Waals surface area contributed by atoms with Crippen LogP contribution >= 0.6 is 0 Å². The number of hydrogen-bond donors (Lipinski definition) is 1. The molecule has 4 rings (SSSR count). The van der Waals surface area contributed by atoms with Crippen LogP contribution in [0.4, 0.5) is 10.2 Å². The van der Waals surface area contributed by atoms with Crippen molar-refractivity contribution < 1.29 is 4.39 Å². The molecule has 6 heteroatoms. The fourth-order valence-electron chi connectivity index (χ4n) is 3.26. The summed E-state index contributed by atoms with van der Waals surface area (Å²) in [5, 5.41) is 7.67. The quantitative estimate of drug-likeness (QED) is 0.755. The van der Waals surface area contributed by atoms with Gasteiger partial charge < -0.3 is 5.32 Å². The second-order valence-corrected chi connectivity index (χ2v) is 7.18. The number of aromatic nitrogens is 4. The Hall–Kier alpha value is -2.50. The van der Waals surface area contributed by atoms with Gasteiger partial charge in [-0.15, -0.1) is 0 Å². The first kappa shape index (κ1) is 16.0. The predicted molar refractivity (Wildman–Crippen MR) is 95.1 cm³/mol. The van der Waals surface area contributed by atoms with Gasteiger partial charge in [0, 0.05) is 17.3 Å². The van der Waals surface area contributed by atoms with Gasteiger partial charge in [0.2, 0.25) is 0 Å². The third kappa shape index (κ3) is 3.08. The summed E-state index contributed by atoms with van der Waals surface area (Å²) in [6, 6.07) is 7.44. The van der Waals surface area contributed by atoms with Gasteiger partial charge in [-0.3, -0.25) is 0 Å². The number of halogens is 1. The minimum atomic E-state index is -0.164. The number of aryl methyl sites for hydroxylation is 1. The lowest BCUT2D eigenvalue weighted by Gasteiger charge is -2.25. The lowest BCUT2D eigenvalue weighted by molar-refractivity contribution is 0.507. The Morgan fingerprint density at radius 3 is 2.72 bits per heavy atom. The molecule has 1 aromatic carbocycles. The van der Waals surface area contributed by atoms with E-state index < -0.39 is 0 Å². The highest BCUT2D eigenvalue weighted by atomic mass is 19.1. The van der Waals surface area contributed by atoms with Gasteiger partial charge >= 0.3 is 0 Å². The van der Waals surface area contributed by atoms with E-state index in [4.69, 9.17) is 0 Å². The average molecular weight is 339 g/mol. The van der Waals surface area contributed by atoms with Crippen molar-refractivity contribution in [1.29, 1.82) is 0 Å². The molecular weight excluding hydrogens is 317 g/mol. The molecule has 1 fully saturated rings. The van der Waals surface area contributed by atoms with Gasteiger partial charge in [0.1, 0.15) is 18.0 Å². The van der Waals surface area contributed by atoms with Crippen LogP contribution in [0.1, 0.15) is 55.5 Å². The van der Waals surface area contributed by atoms with Crippen molar-refractivity contribution in [2.45, 2.75) is 45.6 Å². The second-order valence-electron chi connectivity index (χ2n) is 7.18. The highest BCUT2D eigenvalue weighted by Crippen LogP contribution is 2.41. The fraction of sp³-hybridized carbons (Fsp3) is 0.421. The summed E-state index contributed by atoms with van der Waals surface area (Å²) in [5.74, 6) is 1.91. The van der Waals surface area contributed by atoms with E-state index in [9.17, 15) is 4.39 Å². The van der Waals surface area contributed by atoms with Crippen LogP contribution < -0.4 is 5.32 Å². The second kappa shape index (κ2) is 6.10. The van der Waals surface area contributed by atoms with Crippen molar-refractivity contribution in [2.24, 2.45) is 5.92 Å². The maximum atomic E-state index is 14.8. The molecule has 2 aromatic heterocycles. The standard InChI is InChI=1S/C19H22FN5/c1-11(2)18(15-7-6-14(9-16(15)20)13-4-5-13)24-17-8-12(3)23-19-21-10-22-25(17)19/h6-11,13,18,24H,4-5H2,1-3H3. The topological polar surface area (TPSA) is 55.1 Å². The van der Waals surface area contributed by atoms with E-state index in [1.165, 1.54) is 19.2 Å². The van der Waals surface area contributed by atoms with Crippen molar-refractivity contribution in [2.75, 3.05) is 5.32 Å². The number of rotatable bonds is 5. The van der Waals surface area contributed by atoms with Gasteiger partial charge in [-0.1, -0.05) is 26.0 Å². The maximum Gasteiger partial charge on any atom is 0.254 e. The summed E-state index contributed by atoms with van der Waals surface area (Å²) < 4.78 is 16.4. The van der Waals surface area contributed by atoms with E-state index >= 15 is 0 Å². The van der Waals surface area contributed by atoms with Crippen LogP contribution in [0, 0.1) is 18.7 Å². The SMILES string of the molecule is Cc1cc(NC(c2ccc(C3CC3)cc2F)C(C)C)n2ncnc2n1. The Morgan fingerprint density at radius 2 is 2.04 bits per heavy atom. The van der Waals surface area contributed by atoms with E-state index in [1.54, 1.807) is 10.6 Å². The lowest BCUT2D eigenvalue weighted by Crippen LogP contribution is -2.20. The third-order valence-corrected chi connectivity index (χ3v) is 4.76. The molecule has 1 aliphatic carbocycles. The number of anilines is 1. The van der Waals surface area contributed by atoms with E-state index in [0.717, 1.165) is 17.1 Å². The van der Waals surface area contributed by atoms with Gasteiger partial charge in [-0.2, -0.15) is 14.6 Å². The molecule has 3 aromatic rings. The number of hydrogen-bond acceptors (Lipinski definition) is 4. The molecule has 0 radical (unpaired) electrons. The Morgan fingerprint density at radius 1 is 1.24 bits per heavy atom. The van der Waals surface area contributed by atoms with Gasteiger partial charge in [-0.25, -0.2) is 9.37 Å². The molecule has 2 heterocycles. The molecule has 0 spiro atoms. The summed E-state index contributed by atoms with van der Waals surface area (Å²) in [5.41, 5.74) is 2.64. The van der Waals surface area contributed by atoms with Crippen LogP contribution in [0.2, 0.25) is 0 Å². The molecular formula is C19H22FN5. The summed E-state index contributed by atoms with van der Waals surface area (Å²) >= 11 is 0. The van der Waals surface area contributed by atoms with Crippen LogP contribution in [0.3, 0.4) is 0 Å². The first-order valence-corrected chi connectivity index (χ1v) is 8.76. The van der Waals surface area contributed by atoms with Crippen LogP contribution in [-0.4, -0.2) is 19.6 Å². The maximum absolute atomic E-state index is 14.8. The first-order chi connectivity index (χ1) is 12.0. The van der Waals surface area contributed by atoms with Crippen LogP contribution in [0.15, 0.2) is 30.6 Å². The highest BCUT2D eigenvalue weighted by molar-refractivity contribution is 5.47. The summed E-state index contributed by atoms with van der Waals surface area (Å²) in [6.07, 6.45) is 3.82. The zero-order chi connectivity index (χ0) is 17.6. The van der Waals surface area contributed by atoms with Crippen molar-refractivity contribution in [1.82, 2.24) is 19.6 Å². The third-order valence-electron chi connectivity index (χ3n) is 4.76. The summed E-state index contributed by atoms with van der Waals surface area (Å²) in [4.78, 5) is 8.50. The fourth-order valence-corrected chi connectivity index (χ4v) is 3.26. The Bertz CT molecular complexity index is 913. The van der Waals surface area contributed by atoms with Crippen LogP contribution in [0.25, 0.3) is 5.78 Å². The molecule has 0 bridgehead atoms. The van der Waals surface area contributed by atoms with Crippen LogP contribution in [0.5, 0.6) is 0 Å². The molecule has 1 saturated carbocycles. The molecule has 0 saturated heterocycles. The van der Waals surface area contributed by atoms with Crippen LogP contribution in [-0.2, 0) is 0 Å². The minimum absolute atomic E-state index is 0.142. The van der Waals surface area contributed by atoms with E-state index in [2.05, 4.69) is 40.3 Å². The monoisotopic (exact) mass is 339 g/mol. The zero-order valence-electron chi connectivity index (χ0n) is 14.7. The Kier molecular flexibility index (Phi) is 3.90. The van der Waals surface area contributed by atoms with Gasteiger partial charge in [0.25, 0.3) is 5.78 Å². The summed E-state index contributed by atoms with van der Waals surface area (Å²) in [6.45, 7) is 6.08. The molecule has 1 N–H and O–H groups in total. The molecule has 0 amide bonds. The Balaban J connectivity index is 1.71. The van der Waals surface area contributed by atoms with E-state index in [0.29, 0.717) is 17.3 Å². The van der Waals surface area contributed by atoms with E-state index in [-0.39, 0.29) is 17.8 Å². The Labute approximate surface area is 146 Å². The molecule has 1 aliphatic rings. The molecule has 1 unspecified atom stereocenters. The largest absolute Gasteiger partial charge is 0.363 e. The molecule has 130 valence electrons. The highest BCUT2D eigenvalue weighted by Gasteiger charge is 2.26. The summed E-state index contributed by atoms with van der Waals surface area (Å²) in [7, 11) is 0. The van der Waals surface area contributed by atoms with Gasteiger partial charge in [-0.05, 0) is 43.2 Å². The molecule has 1 atom stereocenters. The molecule has 0 aliphatic heterocycles. The van der Waals surface area contributed by atoms with Gasteiger partial charge in [0.05, 0.1) is 6.04 Å². The molecule has 5 nitrogen and oxygen atoms in total. The number of nitrogens with one attached hydrogen (secondary N) is 1. The van der Waals surface area contributed by atoms with Crippen molar-refractivity contribution in [3.63, 3.8) is 0 Å². The first-order valence-electron chi connectivity index (χ1n) is 8.76. The smallest absolute Gasteiger partial charge is 0.254 e. The van der Waals surface area contributed by atoms with Crippen molar-refractivity contribution in [3.05, 3.63) is 53.2 Å². The predicted octanol–water partition coefficient (Wildman–Crippen LogP) is 4.26. The lowest BCUT2D eigenvalue weighted by atomic mass is 9.94. The number of benzene rings is 1. The van der Waals surface area contributed by atoms with Crippen molar-refractivity contribution >= 4 is 11.6 Å².